The van der Waals surface area contributed by atoms with Crippen LogP contribution in [0.2, 0.25) is 0 Å². The van der Waals surface area contributed by atoms with Crippen molar-refractivity contribution in [2.75, 3.05) is 0 Å². The van der Waals surface area contributed by atoms with Gasteiger partial charge in [0.05, 0.1) is 0 Å². The zero-order valence-electron chi connectivity index (χ0n) is 20.4. The summed E-state index contributed by atoms with van der Waals surface area (Å²) in [5.41, 5.74) is 0. The van der Waals surface area contributed by atoms with Gasteiger partial charge in [0.1, 0.15) is 0 Å². The van der Waals surface area contributed by atoms with Gasteiger partial charge in [0.15, 0.2) is 0 Å². The van der Waals surface area contributed by atoms with E-state index < -0.39 is 21.4 Å². The summed E-state index contributed by atoms with van der Waals surface area (Å²) in [4.78, 5) is 15.1. The van der Waals surface area contributed by atoms with Crippen LogP contribution in [-0.2, 0) is 0 Å². The van der Waals surface area contributed by atoms with E-state index in [2.05, 4.69) is 99.0 Å². The second-order valence-electron chi connectivity index (χ2n) is 9.15. The number of amidine groups is 3. The molecule has 0 spiro atoms. The maximum absolute atomic E-state index is 5.05. The zero-order chi connectivity index (χ0) is 22.0. The Labute approximate surface area is 182 Å². The first-order valence-electron chi connectivity index (χ1n) is 10.9. The Bertz CT molecular complexity index is 457. The van der Waals surface area contributed by atoms with Crippen molar-refractivity contribution in [1.29, 1.82) is 0 Å². The second kappa shape index (κ2) is 13.5. The Balaban J connectivity index is 6.66. The van der Waals surface area contributed by atoms with Gasteiger partial charge in [0.25, 0.3) is 0 Å². The number of nitrogens with zero attached hydrogens (tertiary/aromatic N) is 3. The van der Waals surface area contributed by atoms with Crippen LogP contribution in [0, 0.1) is 0 Å². The maximum atomic E-state index is 5.05. The first-order valence-corrected chi connectivity index (χ1v) is 15.8. The number of aliphatic imine (C=N–C) groups is 3. The monoisotopic (exact) mass is 496 g/mol. The van der Waals surface area contributed by atoms with Gasteiger partial charge in [-0.1, -0.05) is 0 Å². The molecule has 0 rings (SSSR count). The zero-order valence-corrected chi connectivity index (χ0v) is 23.7. The van der Waals surface area contributed by atoms with Crippen LogP contribution in [0.5, 0.6) is 0 Å². The summed E-state index contributed by atoms with van der Waals surface area (Å²) < 4.78 is 3.35. The Hall–Kier alpha value is -0.720. The van der Waals surface area contributed by atoms with Gasteiger partial charge in [-0.05, 0) is 0 Å². The van der Waals surface area contributed by atoms with Crippen molar-refractivity contribution in [3.05, 3.63) is 0 Å². The number of hydrogen-bond donors (Lipinski definition) is 3. The van der Waals surface area contributed by atoms with Crippen molar-refractivity contribution < 1.29 is 0 Å². The first-order chi connectivity index (χ1) is 12.8. The summed E-state index contributed by atoms with van der Waals surface area (Å²) in [5.74, 6) is 0. The molecular weight excluding hydrogens is 451 g/mol. The Morgan fingerprint density at radius 2 is 0.679 bits per heavy atom. The molecule has 0 aromatic rings. The van der Waals surface area contributed by atoms with Gasteiger partial charge < -0.3 is 0 Å². The van der Waals surface area contributed by atoms with Crippen molar-refractivity contribution in [2.45, 2.75) is 119 Å². The summed E-state index contributed by atoms with van der Waals surface area (Å²) in [6.07, 6.45) is 0. The van der Waals surface area contributed by atoms with E-state index in [0.29, 0.717) is 18.1 Å². The Morgan fingerprint density at radius 1 is 0.464 bits per heavy atom. The molecule has 0 radical (unpaired) electrons. The fourth-order valence-corrected chi connectivity index (χ4v) is 13.0. The summed E-state index contributed by atoms with van der Waals surface area (Å²) in [7, 11) is 0. The molecule has 0 heterocycles. The third-order valence-corrected chi connectivity index (χ3v) is 10.7. The van der Waals surface area contributed by atoms with Crippen LogP contribution in [-0.4, -0.2) is 68.5 Å². The van der Waals surface area contributed by atoms with E-state index >= 15 is 0 Å². The standard InChI is InChI=1S/3C7H15N2.In/c3*1-6(2)8-5-9-7(3)4;/h3*6-7H,1-4H3,(H,8,9);. The normalized spacial score (nSPS) is 14.1. The van der Waals surface area contributed by atoms with E-state index in [0.717, 1.165) is 10.8 Å². The Kier molecular flexibility index (Phi) is 13.1. The molecule has 28 heavy (non-hydrogen) atoms. The molecule has 0 fully saturated rings. The predicted molar refractivity (Wildman–Crippen MR) is 128 cm³/mol. The molecular formula is C21H45InN6. The minimum atomic E-state index is -2.93. The molecule has 0 aliphatic heterocycles. The molecule has 0 saturated heterocycles. The molecule has 162 valence electrons. The van der Waals surface area contributed by atoms with Crippen molar-refractivity contribution in [3.8, 4) is 0 Å². The van der Waals surface area contributed by atoms with E-state index in [1.807, 2.05) is 0 Å². The molecule has 0 unspecified atom stereocenters. The third-order valence-electron chi connectivity index (χ3n) is 3.32. The van der Waals surface area contributed by atoms with Gasteiger partial charge in [-0.2, -0.15) is 0 Å². The van der Waals surface area contributed by atoms with Crippen molar-refractivity contribution in [3.63, 3.8) is 0 Å². The van der Waals surface area contributed by atoms with E-state index in [1.165, 1.54) is 0 Å². The average molecular weight is 496 g/mol. The van der Waals surface area contributed by atoms with Gasteiger partial charge in [0.2, 0.25) is 0 Å². The fourth-order valence-electron chi connectivity index (χ4n) is 2.70. The SMILES string of the molecule is CC(C)N=[C](NC(C)C)[In]([C](=NC(C)C)NC(C)C)[C](=NC(C)C)NC(C)C. The molecule has 0 aromatic heterocycles. The van der Waals surface area contributed by atoms with E-state index in [4.69, 9.17) is 15.0 Å². The van der Waals surface area contributed by atoms with E-state index in [1.54, 1.807) is 0 Å². The predicted octanol–water partition coefficient (Wildman–Crippen LogP) is 3.51. The van der Waals surface area contributed by atoms with Crippen molar-refractivity contribution in [2.24, 2.45) is 15.0 Å². The Morgan fingerprint density at radius 3 is 0.821 bits per heavy atom. The molecule has 6 nitrogen and oxygen atoms in total. The van der Waals surface area contributed by atoms with Gasteiger partial charge in [-0.3, -0.25) is 0 Å². The van der Waals surface area contributed by atoms with E-state index in [-0.39, 0.29) is 18.1 Å². The summed E-state index contributed by atoms with van der Waals surface area (Å²) in [6, 6.07) is 1.61. The first kappa shape index (κ1) is 27.3. The number of hydrogen-bond acceptors (Lipinski definition) is 3. The second-order valence-corrected chi connectivity index (χ2v) is 16.3. The van der Waals surface area contributed by atoms with Gasteiger partial charge in [-0.25, -0.2) is 0 Å². The third kappa shape index (κ3) is 12.0. The van der Waals surface area contributed by atoms with Crippen LogP contribution < -0.4 is 16.0 Å². The molecule has 0 saturated carbocycles. The van der Waals surface area contributed by atoms with Gasteiger partial charge >= 0.3 is 182 Å². The van der Waals surface area contributed by atoms with Crippen LogP contribution in [0.15, 0.2) is 15.0 Å². The summed E-state index contributed by atoms with van der Waals surface area (Å²) in [6.45, 7) is 25.8. The molecule has 0 aliphatic carbocycles. The van der Waals surface area contributed by atoms with Crippen LogP contribution in [0.4, 0.5) is 0 Å². The molecule has 3 N–H and O–H groups in total. The minimum absolute atomic E-state index is 0.221. The average Bonchev–Trinajstić information content (AvgIpc) is 2.42. The van der Waals surface area contributed by atoms with Crippen LogP contribution >= 0.6 is 0 Å². The van der Waals surface area contributed by atoms with Crippen LogP contribution in [0.1, 0.15) is 83.1 Å². The van der Waals surface area contributed by atoms with E-state index in [9.17, 15) is 0 Å². The molecule has 0 amide bonds. The summed E-state index contributed by atoms with van der Waals surface area (Å²) >= 11 is -2.93. The van der Waals surface area contributed by atoms with Gasteiger partial charge in [0, 0.05) is 0 Å². The molecule has 0 aliphatic rings. The topological polar surface area (TPSA) is 73.2 Å². The number of nitrogens with one attached hydrogen (secondary N) is 3. The quantitative estimate of drug-likeness (QED) is 0.338. The van der Waals surface area contributed by atoms with Crippen LogP contribution in [0.25, 0.3) is 0 Å². The summed E-state index contributed by atoms with van der Waals surface area (Å²) in [5, 5.41) is 11.0. The van der Waals surface area contributed by atoms with Crippen molar-refractivity contribution >= 4 is 32.2 Å². The van der Waals surface area contributed by atoms with Gasteiger partial charge in [-0.15, -0.1) is 0 Å². The molecule has 7 heteroatoms. The molecule has 0 atom stereocenters. The fraction of sp³-hybridized carbons (Fsp3) is 0.857. The van der Waals surface area contributed by atoms with Crippen LogP contribution in [0.3, 0.4) is 0 Å². The van der Waals surface area contributed by atoms with Crippen molar-refractivity contribution in [1.82, 2.24) is 16.0 Å². The number of rotatable bonds is 9. The molecule has 0 bridgehead atoms. The molecule has 0 aromatic carbocycles.